The van der Waals surface area contributed by atoms with Crippen LogP contribution in [0.3, 0.4) is 0 Å². The van der Waals surface area contributed by atoms with Gasteiger partial charge >= 0.3 is 0 Å². The zero-order chi connectivity index (χ0) is 19.9. The van der Waals surface area contributed by atoms with Gasteiger partial charge in [-0.3, -0.25) is 4.79 Å². The van der Waals surface area contributed by atoms with Crippen molar-refractivity contribution in [2.24, 2.45) is 4.99 Å². The van der Waals surface area contributed by atoms with Crippen LogP contribution in [-0.4, -0.2) is 45.0 Å². The Morgan fingerprint density at radius 1 is 1.00 bits per heavy atom. The van der Waals surface area contributed by atoms with Crippen LogP contribution in [0.4, 0.5) is 0 Å². The summed E-state index contributed by atoms with van der Waals surface area (Å²) in [6.45, 7) is 0.962. The Morgan fingerprint density at radius 2 is 1.68 bits per heavy atom. The molecule has 1 aromatic heterocycles. The molecule has 0 radical (unpaired) electrons. The van der Waals surface area contributed by atoms with Crippen molar-refractivity contribution < 1.29 is 23.7 Å². The van der Waals surface area contributed by atoms with E-state index in [1.807, 2.05) is 22.8 Å². The Morgan fingerprint density at radius 3 is 2.36 bits per heavy atom. The van der Waals surface area contributed by atoms with E-state index < -0.39 is 0 Å². The van der Waals surface area contributed by atoms with Gasteiger partial charge in [-0.25, -0.2) is 0 Å². The maximum absolute atomic E-state index is 12.4. The van der Waals surface area contributed by atoms with E-state index in [1.165, 1.54) is 11.3 Å². The first-order valence-corrected chi connectivity index (χ1v) is 9.47. The van der Waals surface area contributed by atoms with E-state index in [-0.39, 0.29) is 12.5 Å². The molecular weight excluding hydrogens is 380 g/mol. The molecular formula is C20H22N2O5S. The number of hydrogen-bond acceptors (Lipinski definition) is 6. The maximum atomic E-state index is 12.4. The van der Waals surface area contributed by atoms with Gasteiger partial charge in [0.1, 0.15) is 17.2 Å². The number of rotatable bonds is 8. The van der Waals surface area contributed by atoms with E-state index in [2.05, 4.69) is 4.99 Å². The van der Waals surface area contributed by atoms with Crippen molar-refractivity contribution in [3.63, 3.8) is 0 Å². The molecule has 0 bridgehead atoms. The third kappa shape index (κ3) is 4.71. The molecule has 0 aliphatic rings. The van der Waals surface area contributed by atoms with Crippen LogP contribution in [0.25, 0.3) is 10.2 Å². The third-order valence-corrected chi connectivity index (χ3v) is 5.09. The molecule has 7 nitrogen and oxygen atoms in total. The number of carbonyl (C=O) groups excluding carboxylic acids is 1. The fourth-order valence-electron chi connectivity index (χ4n) is 2.62. The number of fused-ring (bicyclic) bond motifs is 1. The summed E-state index contributed by atoms with van der Waals surface area (Å²) in [4.78, 5) is 17.2. The summed E-state index contributed by atoms with van der Waals surface area (Å²) in [5.74, 6) is 1.70. The number of amides is 1. The molecule has 8 heteroatoms. The van der Waals surface area contributed by atoms with E-state index in [1.54, 1.807) is 45.6 Å². The summed E-state index contributed by atoms with van der Waals surface area (Å²) < 4.78 is 24.1. The molecule has 0 spiro atoms. The standard InChI is InChI=1S/C20H22N2O5S/c1-24-11-10-22-17-9-8-16(26-3)12-18(17)28-20(22)21-19(23)13-27-15-6-4-14(25-2)5-7-15/h4-9,12H,10-11,13H2,1-3H3. The van der Waals surface area contributed by atoms with Crippen molar-refractivity contribution in [2.75, 3.05) is 34.5 Å². The second-order valence-electron chi connectivity index (χ2n) is 5.83. The minimum absolute atomic E-state index is 0.145. The monoisotopic (exact) mass is 402 g/mol. The molecule has 2 aromatic carbocycles. The number of benzene rings is 2. The molecule has 3 aromatic rings. The first-order valence-electron chi connectivity index (χ1n) is 8.65. The Hall–Kier alpha value is -2.84. The van der Waals surface area contributed by atoms with Crippen LogP contribution in [-0.2, 0) is 16.1 Å². The van der Waals surface area contributed by atoms with Gasteiger partial charge in [0.15, 0.2) is 11.4 Å². The van der Waals surface area contributed by atoms with Gasteiger partial charge in [0.25, 0.3) is 5.91 Å². The van der Waals surface area contributed by atoms with Gasteiger partial charge in [-0.15, -0.1) is 0 Å². The number of aromatic nitrogens is 1. The minimum atomic E-state index is -0.361. The van der Waals surface area contributed by atoms with E-state index in [0.29, 0.717) is 23.7 Å². The van der Waals surface area contributed by atoms with Gasteiger partial charge < -0.3 is 23.5 Å². The number of ether oxygens (including phenoxy) is 4. The van der Waals surface area contributed by atoms with E-state index in [0.717, 1.165) is 21.7 Å². The minimum Gasteiger partial charge on any atom is -0.497 e. The summed E-state index contributed by atoms with van der Waals surface area (Å²) in [5, 5.41) is 0. The van der Waals surface area contributed by atoms with Crippen LogP contribution in [0.2, 0.25) is 0 Å². The molecule has 0 aliphatic carbocycles. The molecule has 148 valence electrons. The predicted octanol–water partition coefficient (Wildman–Crippen LogP) is 2.87. The third-order valence-electron chi connectivity index (χ3n) is 4.05. The zero-order valence-corrected chi connectivity index (χ0v) is 16.8. The topological polar surface area (TPSA) is 71.3 Å². The van der Waals surface area contributed by atoms with Crippen molar-refractivity contribution in [3.05, 3.63) is 47.3 Å². The molecule has 1 amide bonds. The fourth-order valence-corrected chi connectivity index (χ4v) is 3.72. The molecule has 0 atom stereocenters. The smallest absolute Gasteiger partial charge is 0.286 e. The number of thiazole rings is 1. The molecule has 3 rings (SSSR count). The summed E-state index contributed by atoms with van der Waals surface area (Å²) in [5.41, 5.74) is 0.977. The second kappa shape index (κ2) is 9.38. The highest BCUT2D eigenvalue weighted by Gasteiger charge is 2.10. The Balaban J connectivity index is 1.82. The second-order valence-corrected chi connectivity index (χ2v) is 6.84. The lowest BCUT2D eigenvalue weighted by Gasteiger charge is -2.06. The highest BCUT2D eigenvalue weighted by atomic mass is 32.1. The Kier molecular flexibility index (Phi) is 6.67. The van der Waals surface area contributed by atoms with Gasteiger partial charge in [-0.05, 0) is 42.5 Å². The quantitative estimate of drug-likeness (QED) is 0.579. The van der Waals surface area contributed by atoms with Crippen LogP contribution in [0.5, 0.6) is 17.2 Å². The van der Waals surface area contributed by atoms with Crippen molar-refractivity contribution in [1.82, 2.24) is 4.57 Å². The van der Waals surface area contributed by atoms with Gasteiger partial charge in [0.05, 0.1) is 31.0 Å². The molecule has 0 unspecified atom stereocenters. The highest BCUT2D eigenvalue weighted by Crippen LogP contribution is 2.23. The van der Waals surface area contributed by atoms with E-state index in [9.17, 15) is 4.79 Å². The van der Waals surface area contributed by atoms with Crippen molar-refractivity contribution in [1.29, 1.82) is 0 Å². The van der Waals surface area contributed by atoms with E-state index >= 15 is 0 Å². The van der Waals surface area contributed by atoms with Crippen LogP contribution in [0.1, 0.15) is 0 Å². The first-order chi connectivity index (χ1) is 13.6. The number of carbonyl (C=O) groups is 1. The summed E-state index contributed by atoms with van der Waals surface area (Å²) >= 11 is 1.43. The first kappa shape index (κ1) is 19.9. The van der Waals surface area contributed by atoms with Gasteiger partial charge in [0.2, 0.25) is 0 Å². The highest BCUT2D eigenvalue weighted by molar-refractivity contribution is 7.16. The number of methoxy groups -OCH3 is 3. The van der Waals surface area contributed by atoms with Crippen LogP contribution < -0.4 is 19.0 Å². The molecule has 0 aliphatic heterocycles. The van der Waals surface area contributed by atoms with Crippen molar-refractivity contribution in [3.8, 4) is 17.2 Å². The molecule has 0 saturated carbocycles. The molecule has 1 heterocycles. The summed E-state index contributed by atoms with van der Waals surface area (Å²) in [6.07, 6.45) is 0. The Bertz CT molecular complexity index is 1010. The fraction of sp³-hybridized carbons (Fsp3) is 0.300. The average molecular weight is 402 g/mol. The molecule has 28 heavy (non-hydrogen) atoms. The normalized spacial score (nSPS) is 11.6. The molecule has 0 N–H and O–H groups in total. The summed E-state index contributed by atoms with van der Waals surface area (Å²) in [6, 6.07) is 12.8. The van der Waals surface area contributed by atoms with Crippen LogP contribution >= 0.6 is 11.3 Å². The van der Waals surface area contributed by atoms with Gasteiger partial charge in [-0.2, -0.15) is 4.99 Å². The lowest BCUT2D eigenvalue weighted by molar-refractivity contribution is -0.120. The predicted molar refractivity (Wildman–Crippen MR) is 107 cm³/mol. The maximum Gasteiger partial charge on any atom is 0.286 e. The lowest BCUT2D eigenvalue weighted by atomic mass is 10.3. The average Bonchev–Trinajstić information content (AvgIpc) is 3.06. The number of nitrogens with zero attached hydrogens (tertiary/aromatic N) is 2. The van der Waals surface area contributed by atoms with Gasteiger partial charge in [0, 0.05) is 13.7 Å². The largest absolute Gasteiger partial charge is 0.497 e. The molecule has 0 saturated heterocycles. The SMILES string of the molecule is COCCn1c(=NC(=O)COc2ccc(OC)cc2)sc2cc(OC)ccc21. The van der Waals surface area contributed by atoms with Crippen LogP contribution in [0.15, 0.2) is 47.5 Å². The summed E-state index contributed by atoms with van der Waals surface area (Å²) in [7, 11) is 4.86. The van der Waals surface area contributed by atoms with Crippen molar-refractivity contribution >= 4 is 27.5 Å². The van der Waals surface area contributed by atoms with Gasteiger partial charge in [-0.1, -0.05) is 11.3 Å². The van der Waals surface area contributed by atoms with E-state index in [4.69, 9.17) is 18.9 Å². The molecule has 0 fully saturated rings. The Labute approximate surface area is 166 Å². The zero-order valence-electron chi connectivity index (χ0n) is 16.0. The number of hydrogen-bond donors (Lipinski definition) is 0. The van der Waals surface area contributed by atoms with Crippen molar-refractivity contribution in [2.45, 2.75) is 6.54 Å². The van der Waals surface area contributed by atoms with Crippen LogP contribution in [0, 0.1) is 0 Å². The lowest BCUT2D eigenvalue weighted by Crippen LogP contribution is -2.21.